The van der Waals surface area contributed by atoms with Crippen molar-refractivity contribution in [2.45, 2.75) is 6.92 Å². The number of aromatic nitrogens is 2. The molecule has 0 saturated heterocycles. The molecule has 120 valence electrons. The van der Waals surface area contributed by atoms with Crippen molar-refractivity contribution in [3.05, 3.63) is 77.2 Å². The zero-order valence-electron chi connectivity index (χ0n) is 13.0. The fourth-order valence-corrected chi connectivity index (χ4v) is 2.31. The van der Waals surface area contributed by atoms with Crippen molar-refractivity contribution in [3.63, 3.8) is 0 Å². The zero-order chi connectivity index (χ0) is 16.9. The maximum absolute atomic E-state index is 12.3. The van der Waals surface area contributed by atoms with Crippen LogP contribution in [0.1, 0.15) is 16.1 Å². The van der Waals surface area contributed by atoms with E-state index in [1.165, 1.54) is 6.33 Å². The summed E-state index contributed by atoms with van der Waals surface area (Å²) >= 11 is 6.02. The molecule has 1 aromatic heterocycles. The van der Waals surface area contributed by atoms with Crippen LogP contribution in [0.5, 0.6) is 0 Å². The molecule has 0 radical (unpaired) electrons. The summed E-state index contributed by atoms with van der Waals surface area (Å²) in [7, 11) is 0. The lowest BCUT2D eigenvalue weighted by molar-refractivity contribution is 0.102. The molecule has 0 spiro atoms. The molecule has 0 aliphatic rings. The number of rotatable bonds is 4. The lowest BCUT2D eigenvalue weighted by atomic mass is 10.2. The topological polar surface area (TPSA) is 66.9 Å². The quantitative estimate of drug-likeness (QED) is 0.738. The second-order valence-electron chi connectivity index (χ2n) is 5.19. The summed E-state index contributed by atoms with van der Waals surface area (Å²) in [5, 5.41) is 6.57. The van der Waals surface area contributed by atoms with Gasteiger partial charge in [0.25, 0.3) is 5.91 Å². The summed E-state index contributed by atoms with van der Waals surface area (Å²) in [4.78, 5) is 20.5. The highest BCUT2D eigenvalue weighted by Crippen LogP contribution is 2.23. The highest BCUT2D eigenvalue weighted by Gasteiger charge is 2.10. The van der Waals surface area contributed by atoms with Gasteiger partial charge in [-0.05, 0) is 36.8 Å². The first-order valence-electron chi connectivity index (χ1n) is 7.33. The minimum Gasteiger partial charge on any atom is -0.340 e. The molecular formula is C18H15ClN4O. The Hall–Kier alpha value is -2.92. The highest BCUT2D eigenvalue weighted by atomic mass is 35.5. The average Bonchev–Trinajstić information content (AvgIpc) is 2.59. The molecule has 0 aliphatic heterocycles. The van der Waals surface area contributed by atoms with E-state index in [0.717, 1.165) is 11.3 Å². The van der Waals surface area contributed by atoms with Crippen LogP contribution in [-0.2, 0) is 0 Å². The molecule has 3 aromatic rings. The van der Waals surface area contributed by atoms with Gasteiger partial charge in [0.1, 0.15) is 17.8 Å². The van der Waals surface area contributed by atoms with E-state index in [0.29, 0.717) is 16.5 Å². The molecule has 3 rings (SSSR count). The summed E-state index contributed by atoms with van der Waals surface area (Å²) in [5.41, 5.74) is 2.83. The standard InChI is InChI=1S/C18H15ClN4O/c1-12-7-8-13(19)9-15(12)23-17-10-16(20-11-21-17)18(24)22-14-5-3-2-4-6-14/h2-11H,1H3,(H,22,24)(H,20,21,23). The van der Waals surface area contributed by atoms with Crippen molar-refractivity contribution in [2.75, 3.05) is 10.6 Å². The average molecular weight is 339 g/mol. The van der Waals surface area contributed by atoms with Crippen LogP contribution in [0.3, 0.4) is 0 Å². The second kappa shape index (κ2) is 7.10. The molecule has 0 atom stereocenters. The monoisotopic (exact) mass is 338 g/mol. The van der Waals surface area contributed by atoms with Crippen molar-refractivity contribution in [3.8, 4) is 0 Å². The Kier molecular flexibility index (Phi) is 4.72. The number of hydrogen-bond donors (Lipinski definition) is 2. The molecule has 2 aromatic carbocycles. The molecular weight excluding hydrogens is 324 g/mol. The second-order valence-corrected chi connectivity index (χ2v) is 5.63. The van der Waals surface area contributed by atoms with E-state index in [9.17, 15) is 4.79 Å². The van der Waals surface area contributed by atoms with Gasteiger partial charge < -0.3 is 10.6 Å². The van der Waals surface area contributed by atoms with Crippen LogP contribution in [0.4, 0.5) is 17.2 Å². The number of carbonyl (C=O) groups excluding carboxylic acids is 1. The van der Waals surface area contributed by atoms with Crippen LogP contribution in [0.25, 0.3) is 0 Å². The number of amides is 1. The fourth-order valence-electron chi connectivity index (χ4n) is 2.13. The third-order valence-corrected chi connectivity index (χ3v) is 3.63. The SMILES string of the molecule is Cc1ccc(Cl)cc1Nc1cc(C(=O)Nc2ccccc2)ncn1. The van der Waals surface area contributed by atoms with Crippen molar-refractivity contribution < 1.29 is 4.79 Å². The Morgan fingerprint density at radius 2 is 1.83 bits per heavy atom. The molecule has 5 nitrogen and oxygen atoms in total. The third kappa shape index (κ3) is 3.88. The van der Waals surface area contributed by atoms with E-state index in [2.05, 4.69) is 20.6 Å². The van der Waals surface area contributed by atoms with Gasteiger partial charge in [0.15, 0.2) is 0 Å². The number of aryl methyl sites for hydroxylation is 1. The van der Waals surface area contributed by atoms with Gasteiger partial charge in [-0.25, -0.2) is 9.97 Å². The van der Waals surface area contributed by atoms with Crippen LogP contribution in [0.15, 0.2) is 60.9 Å². The normalized spacial score (nSPS) is 10.2. The van der Waals surface area contributed by atoms with Crippen LogP contribution in [-0.4, -0.2) is 15.9 Å². The number of para-hydroxylation sites is 1. The molecule has 1 heterocycles. The molecule has 0 unspecified atom stereocenters. The van der Waals surface area contributed by atoms with Crippen molar-refractivity contribution in [2.24, 2.45) is 0 Å². The summed E-state index contributed by atoms with van der Waals surface area (Å²) < 4.78 is 0. The smallest absolute Gasteiger partial charge is 0.274 e. The first kappa shape index (κ1) is 16.0. The van der Waals surface area contributed by atoms with E-state index in [-0.39, 0.29) is 11.6 Å². The number of nitrogens with zero attached hydrogens (tertiary/aromatic N) is 2. The van der Waals surface area contributed by atoms with Gasteiger partial charge in [0.2, 0.25) is 0 Å². The molecule has 0 bridgehead atoms. The summed E-state index contributed by atoms with van der Waals surface area (Å²) in [5.74, 6) is 0.225. The number of nitrogens with one attached hydrogen (secondary N) is 2. The Labute approximate surface area is 144 Å². The largest absolute Gasteiger partial charge is 0.340 e. The number of halogens is 1. The van der Waals surface area contributed by atoms with Gasteiger partial charge in [-0.15, -0.1) is 0 Å². The summed E-state index contributed by atoms with van der Waals surface area (Å²) in [6.07, 6.45) is 1.35. The van der Waals surface area contributed by atoms with Gasteiger partial charge in [-0.3, -0.25) is 4.79 Å². The minimum atomic E-state index is -0.297. The maximum Gasteiger partial charge on any atom is 0.274 e. The first-order valence-corrected chi connectivity index (χ1v) is 7.71. The Bertz CT molecular complexity index is 868. The molecule has 6 heteroatoms. The molecule has 0 fully saturated rings. The van der Waals surface area contributed by atoms with Gasteiger partial charge in [-0.1, -0.05) is 35.9 Å². The Balaban J connectivity index is 1.79. The van der Waals surface area contributed by atoms with Gasteiger partial charge in [-0.2, -0.15) is 0 Å². The molecule has 1 amide bonds. The number of hydrogen-bond acceptors (Lipinski definition) is 4. The molecule has 2 N–H and O–H groups in total. The lowest BCUT2D eigenvalue weighted by Crippen LogP contribution is -2.14. The highest BCUT2D eigenvalue weighted by molar-refractivity contribution is 6.30. The molecule has 0 saturated carbocycles. The van der Waals surface area contributed by atoms with Gasteiger partial charge >= 0.3 is 0 Å². The fraction of sp³-hybridized carbons (Fsp3) is 0.0556. The summed E-state index contributed by atoms with van der Waals surface area (Å²) in [6, 6.07) is 16.4. The third-order valence-electron chi connectivity index (χ3n) is 3.39. The number of anilines is 3. The maximum atomic E-state index is 12.3. The van der Waals surface area contributed by atoms with Crippen LogP contribution in [0, 0.1) is 6.92 Å². The van der Waals surface area contributed by atoms with Crippen molar-refractivity contribution in [1.29, 1.82) is 0 Å². The first-order chi connectivity index (χ1) is 11.6. The Morgan fingerprint density at radius 3 is 2.62 bits per heavy atom. The van der Waals surface area contributed by atoms with Gasteiger partial charge in [0.05, 0.1) is 0 Å². The van der Waals surface area contributed by atoms with E-state index >= 15 is 0 Å². The zero-order valence-corrected chi connectivity index (χ0v) is 13.7. The van der Waals surface area contributed by atoms with Crippen molar-refractivity contribution in [1.82, 2.24) is 9.97 Å². The molecule has 0 aliphatic carbocycles. The minimum absolute atomic E-state index is 0.274. The van der Waals surface area contributed by atoms with Crippen LogP contribution in [0.2, 0.25) is 5.02 Å². The lowest BCUT2D eigenvalue weighted by Gasteiger charge is -2.10. The van der Waals surface area contributed by atoms with Crippen molar-refractivity contribution >= 4 is 34.7 Å². The van der Waals surface area contributed by atoms with E-state index in [1.807, 2.05) is 55.5 Å². The van der Waals surface area contributed by atoms with Gasteiger partial charge in [0, 0.05) is 22.5 Å². The summed E-state index contributed by atoms with van der Waals surface area (Å²) in [6.45, 7) is 1.96. The van der Waals surface area contributed by atoms with E-state index < -0.39 is 0 Å². The predicted octanol–water partition coefficient (Wildman–Crippen LogP) is 4.43. The van der Waals surface area contributed by atoms with E-state index in [1.54, 1.807) is 6.07 Å². The van der Waals surface area contributed by atoms with E-state index in [4.69, 9.17) is 11.6 Å². The Morgan fingerprint density at radius 1 is 1.04 bits per heavy atom. The predicted molar refractivity (Wildman–Crippen MR) is 95.9 cm³/mol. The van der Waals surface area contributed by atoms with Crippen LogP contribution < -0.4 is 10.6 Å². The number of carbonyl (C=O) groups is 1. The van der Waals surface area contributed by atoms with Crippen LogP contribution >= 0.6 is 11.6 Å². The number of benzene rings is 2. The molecule has 24 heavy (non-hydrogen) atoms.